The second-order valence-corrected chi connectivity index (χ2v) is 19.9. The Hall–Kier alpha value is -5.80. The van der Waals surface area contributed by atoms with Crippen LogP contribution < -0.4 is 9.80 Å². The van der Waals surface area contributed by atoms with Gasteiger partial charge in [0, 0.05) is 63.1 Å². The fraction of sp³-hybridized carbons (Fsp3) is 0.306. The fourth-order valence-electron chi connectivity index (χ4n) is 8.65. The van der Waals surface area contributed by atoms with Crippen LogP contribution in [0.3, 0.4) is 0 Å². The van der Waals surface area contributed by atoms with Crippen molar-refractivity contribution in [3.05, 3.63) is 121 Å². The van der Waals surface area contributed by atoms with Crippen LogP contribution in [0.15, 0.2) is 150 Å². The van der Waals surface area contributed by atoms with Crippen LogP contribution in [-0.2, 0) is 19.7 Å². The predicted octanol–water partition coefficient (Wildman–Crippen LogP) is 9.08. The van der Waals surface area contributed by atoms with Gasteiger partial charge in [0.1, 0.15) is 20.8 Å². The van der Waals surface area contributed by atoms with Crippen LogP contribution in [-0.4, -0.2) is 102 Å². The number of sulfone groups is 2. The summed E-state index contributed by atoms with van der Waals surface area (Å²) in [6, 6.07) is 37.0. The number of fused-ring (bicyclic) bond motifs is 4. The van der Waals surface area contributed by atoms with E-state index in [0.29, 0.717) is 45.0 Å². The molecule has 0 radical (unpaired) electrons. The van der Waals surface area contributed by atoms with Crippen LogP contribution in [0.4, 0.5) is 12.0 Å². The predicted molar refractivity (Wildman–Crippen MR) is 249 cm³/mol. The third-order valence-electron chi connectivity index (χ3n) is 12.1. The maximum atomic E-state index is 13.7. The van der Waals surface area contributed by atoms with E-state index in [0.717, 1.165) is 82.6 Å². The van der Waals surface area contributed by atoms with Gasteiger partial charge in [-0.3, -0.25) is 9.80 Å². The van der Waals surface area contributed by atoms with Crippen molar-refractivity contribution in [2.75, 3.05) is 75.2 Å². The van der Waals surface area contributed by atoms with Crippen LogP contribution in [0.25, 0.3) is 43.7 Å². The molecule has 2 aliphatic heterocycles. The van der Waals surface area contributed by atoms with Gasteiger partial charge in [-0.15, -0.1) is 0 Å². The van der Waals surface area contributed by atoms with Crippen molar-refractivity contribution >= 4 is 75.4 Å². The lowest BCUT2D eigenvalue weighted by atomic mass is 10.1. The molecule has 0 spiro atoms. The lowest BCUT2D eigenvalue weighted by Crippen LogP contribution is -2.46. The Balaban J connectivity index is 0.000000160. The van der Waals surface area contributed by atoms with Crippen molar-refractivity contribution in [3.63, 3.8) is 0 Å². The molecule has 0 aliphatic carbocycles. The Kier molecular flexibility index (Phi) is 12.2. The first-order valence-electron chi connectivity index (χ1n) is 21.8. The zero-order chi connectivity index (χ0) is 43.6. The molecule has 0 amide bonds. The van der Waals surface area contributed by atoms with Gasteiger partial charge < -0.3 is 18.6 Å². The smallest absolute Gasteiger partial charge is 0.298 e. The monoisotopic (exact) mass is 884 g/mol. The average Bonchev–Trinajstić information content (AvgIpc) is 3.97. The van der Waals surface area contributed by atoms with Crippen molar-refractivity contribution in [2.24, 2.45) is 0 Å². The Morgan fingerprint density at radius 2 is 0.857 bits per heavy atom. The third kappa shape index (κ3) is 8.52. The summed E-state index contributed by atoms with van der Waals surface area (Å²) in [6.45, 7) is 13.7. The molecule has 4 heterocycles. The molecule has 12 nitrogen and oxygen atoms in total. The first-order chi connectivity index (χ1) is 30.6. The molecule has 2 aliphatic rings. The van der Waals surface area contributed by atoms with Gasteiger partial charge >= 0.3 is 0 Å². The number of rotatable bonds is 11. The van der Waals surface area contributed by atoms with Gasteiger partial charge in [0.25, 0.3) is 12.0 Å². The summed E-state index contributed by atoms with van der Waals surface area (Å²) in [5.41, 5.74) is 1.77. The molecule has 8 aromatic rings. The largest absolute Gasteiger partial charge is 0.423 e. The van der Waals surface area contributed by atoms with E-state index in [1.165, 1.54) is 12.8 Å². The first kappa shape index (κ1) is 42.5. The number of unbranched alkanes of at least 4 members (excludes halogenated alkanes) is 1. The summed E-state index contributed by atoms with van der Waals surface area (Å²) in [5.74, 6) is 0. The molecule has 0 saturated carbocycles. The maximum Gasteiger partial charge on any atom is 0.298 e. The van der Waals surface area contributed by atoms with Crippen LogP contribution in [0.2, 0.25) is 0 Å². The Morgan fingerprint density at radius 1 is 0.460 bits per heavy atom. The van der Waals surface area contributed by atoms with Gasteiger partial charge in [0.15, 0.2) is 11.2 Å². The SMILES string of the molecule is CCCCN1CCN(c2nc3c(S(=O)(=O)c4cccc5ccccc45)cccc3o2)CC1.CCCN1CCN(c2nc3c(S(=O)(=O)c4cccc5ccccc45)cccc3o2)CC1. The number of nitrogens with zero attached hydrogens (tertiary/aromatic N) is 6. The highest BCUT2D eigenvalue weighted by Crippen LogP contribution is 2.36. The molecule has 0 atom stereocenters. The number of hydrogen-bond acceptors (Lipinski definition) is 12. The van der Waals surface area contributed by atoms with E-state index in [4.69, 9.17) is 8.83 Å². The number of hydrogen-bond donors (Lipinski definition) is 0. The van der Waals surface area contributed by atoms with Crippen LogP contribution in [0.1, 0.15) is 33.1 Å². The van der Waals surface area contributed by atoms with E-state index in [2.05, 4.69) is 43.4 Å². The van der Waals surface area contributed by atoms with Crippen molar-refractivity contribution in [1.82, 2.24) is 19.8 Å². The molecular formula is C49H52N6O6S2. The zero-order valence-electron chi connectivity index (χ0n) is 35.7. The van der Waals surface area contributed by atoms with Crippen LogP contribution in [0.5, 0.6) is 0 Å². The Morgan fingerprint density at radius 3 is 1.30 bits per heavy atom. The summed E-state index contributed by atoms with van der Waals surface area (Å²) in [4.78, 5) is 19.3. The van der Waals surface area contributed by atoms with Gasteiger partial charge in [-0.2, -0.15) is 9.97 Å². The topological polar surface area (TPSA) is 133 Å². The first-order valence-corrected chi connectivity index (χ1v) is 24.8. The highest BCUT2D eigenvalue weighted by molar-refractivity contribution is 7.92. The van der Waals surface area contributed by atoms with Crippen LogP contribution >= 0.6 is 0 Å². The van der Waals surface area contributed by atoms with Gasteiger partial charge in [-0.05, 0) is 73.1 Å². The van der Waals surface area contributed by atoms with E-state index >= 15 is 0 Å². The summed E-state index contributed by atoms with van der Waals surface area (Å²) in [5, 5.41) is 3.20. The molecule has 326 valence electrons. The second-order valence-electron chi connectivity index (χ2n) is 16.2. The van der Waals surface area contributed by atoms with E-state index in [9.17, 15) is 16.8 Å². The van der Waals surface area contributed by atoms with Gasteiger partial charge in [-0.1, -0.05) is 105 Å². The molecule has 0 bridgehead atoms. The number of anilines is 2. The second kappa shape index (κ2) is 18.1. The van der Waals surface area contributed by atoms with Crippen molar-refractivity contribution in [3.8, 4) is 0 Å². The highest BCUT2D eigenvalue weighted by Gasteiger charge is 2.29. The molecule has 0 unspecified atom stereocenters. The minimum atomic E-state index is -3.78. The molecule has 14 heteroatoms. The molecule has 10 rings (SSSR count). The Labute approximate surface area is 368 Å². The number of aromatic nitrogens is 2. The fourth-order valence-corrected chi connectivity index (χ4v) is 11.9. The summed E-state index contributed by atoms with van der Waals surface area (Å²) < 4.78 is 66.7. The van der Waals surface area contributed by atoms with Gasteiger partial charge in [0.2, 0.25) is 19.7 Å². The molecule has 2 aromatic heterocycles. The maximum absolute atomic E-state index is 13.7. The van der Waals surface area contributed by atoms with E-state index in [1.54, 1.807) is 60.7 Å². The lowest BCUT2D eigenvalue weighted by molar-refractivity contribution is 0.250. The average molecular weight is 885 g/mol. The van der Waals surface area contributed by atoms with Crippen molar-refractivity contribution in [2.45, 2.75) is 52.7 Å². The van der Waals surface area contributed by atoms with E-state index in [-0.39, 0.29) is 19.6 Å². The minimum absolute atomic E-state index is 0.181. The molecule has 63 heavy (non-hydrogen) atoms. The minimum Gasteiger partial charge on any atom is -0.423 e. The van der Waals surface area contributed by atoms with Gasteiger partial charge in [-0.25, -0.2) is 16.8 Å². The number of oxazole rings is 2. The zero-order valence-corrected chi connectivity index (χ0v) is 37.3. The third-order valence-corrected chi connectivity index (χ3v) is 15.7. The molecule has 2 fully saturated rings. The highest BCUT2D eigenvalue weighted by atomic mass is 32.2. The lowest BCUT2D eigenvalue weighted by Gasteiger charge is -2.33. The molecule has 6 aromatic carbocycles. The Bertz CT molecular complexity index is 3100. The molecule has 2 saturated heterocycles. The van der Waals surface area contributed by atoms with Crippen LogP contribution in [0, 0.1) is 0 Å². The quantitative estimate of drug-likeness (QED) is 0.123. The summed E-state index contributed by atoms with van der Waals surface area (Å²) in [6.07, 6.45) is 3.54. The van der Waals surface area contributed by atoms with Gasteiger partial charge in [0.05, 0.1) is 9.79 Å². The molecular weight excluding hydrogens is 833 g/mol. The van der Waals surface area contributed by atoms with Crippen molar-refractivity contribution < 1.29 is 25.7 Å². The number of benzene rings is 6. The summed E-state index contributed by atoms with van der Waals surface area (Å²) >= 11 is 0. The standard InChI is InChI=1S/C25H27N3O3S.C24H25N3O3S/c1-2-3-14-27-15-17-28(18-16-27)25-26-24-21(31-25)11-7-13-23(24)32(29,30)22-12-6-9-19-8-4-5-10-20(19)22;1-2-13-26-14-16-27(17-15-26)24-25-23-20(30-24)10-6-12-22(23)31(28,29)21-11-5-8-18-7-3-4-9-19(18)21/h4-13H,2-3,14-18H2,1H3;3-12H,2,13-17H2,1H3. The normalized spacial score (nSPS) is 15.7. The number of para-hydroxylation sites is 2. The number of piperazine rings is 2. The van der Waals surface area contributed by atoms with E-state index < -0.39 is 19.7 Å². The summed E-state index contributed by atoms with van der Waals surface area (Å²) in [7, 11) is -7.55. The van der Waals surface area contributed by atoms with Crippen molar-refractivity contribution in [1.29, 1.82) is 0 Å². The van der Waals surface area contributed by atoms with E-state index in [1.807, 2.05) is 60.7 Å². The molecule has 0 N–H and O–H groups in total.